The molecule has 30 heavy (non-hydrogen) atoms. The zero-order valence-electron chi connectivity index (χ0n) is 16.3. The molecule has 0 spiro atoms. The lowest BCUT2D eigenvalue weighted by molar-refractivity contribution is -0.150. The van der Waals surface area contributed by atoms with Crippen molar-refractivity contribution in [2.24, 2.45) is 17.3 Å². The van der Waals surface area contributed by atoms with Gasteiger partial charge in [0.2, 0.25) is 11.2 Å². The standard InChI is InChI=1S/C22H21BrClN5O/c23-16-3-4-17(18-15(16)2-1-5-25-18)27-19(30)21-7-13-6-14(8-21)10-22(9-13,11-21)29-12-26-20(24)28-29/h1-5,12-14H,6-11H2,(H,27,30)/t13-,14+,21?,22?. The number of hydrogen-bond donors (Lipinski definition) is 1. The summed E-state index contributed by atoms with van der Waals surface area (Å²) in [6.45, 7) is 0. The van der Waals surface area contributed by atoms with Gasteiger partial charge in [-0.15, -0.1) is 5.10 Å². The smallest absolute Gasteiger partial charge is 0.242 e. The van der Waals surface area contributed by atoms with E-state index in [1.807, 2.05) is 28.9 Å². The highest BCUT2D eigenvalue weighted by Crippen LogP contribution is 2.64. The van der Waals surface area contributed by atoms with E-state index in [1.165, 1.54) is 6.42 Å². The predicted molar refractivity (Wildman–Crippen MR) is 118 cm³/mol. The Morgan fingerprint density at radius 1 is 1.17 bits per heavy atom. The van der Waals surface area contributed by atoms with E-state index in [4.69, 9.17) is 11.6 Å². The van der Waals surface area contributed by atoms with Crippen molar-refractivity contribution >= 4 is 50.0 Å². The summed E-state index contributed by atoms with van der Waals surface area (Å²) in [6.07, 6.45) is 9.51. The molecule has 0 radical (unpaired) electrons. The number of hydrogen-bond acceptors (Lipinski definition) is 4. The lowest BCUT2D eigenvalue weighted by Crippen LogP contribution is -2.60. The van der Waals surface area contributed by atoms with E-state index in [1.54, 1.807) is 12.5 Å². The lowest BCUT2D eigenvalue weighted by Gasteiger charge is -2.60. The first-order chi connectivity index (χ1) is 14.5. The number of halogens is 2. The van der Waals surface area contributed by atoms with Gasteiger partial charge in [-0.25, -0.2) is 9.67 Å². The number of fused-ring (bicyclic) bond motifs is 1. The van der Waals surface area contributed by atoms with Crippen molar-refractivity contribution in [1.82, 2.24) is 19.7 Å². The Labute approximate surface area is 187 Å². The molecular formula is C22H21BrClN5O. The van der Waals surface area contributed by atoms with Crippen LogP contribution in [0.25, 0.3) is 10.9 Å². The van der Waals surface area contributed by atoms with E-state index in [0.29, 0.717) is 11.8 Å². The molecule has 1 aromatic carbocycles. The minimum absolute atomic E-state index is 0.112. The molecule has 2 heterocycles. The minimum atomic E-state index is -0.378. The molecule has 4 aliphatic carbocycles. The third-order valence-corrected chi connectivity index (χ3v) is 8.29. The normalized spacial score (nSPS) is 31.9. The maximum absolute atomic E-state index is 13.8. The maximum Gasteiger partial charge on any atom is 0.242 e. The van der Waals surface area contributed by atoms with Gasteiger partial charge in [0, 0.05) is 16.1 Å². The Bertz CT molecular complexity index is 1160. The van der Waals surface area contributed by atoms with Gasteiger partial charge in [0.25, 0.3) is 0 Å². The Morgan fingerprint density at radius 3 is 2.70 bits per heavy atom. The average molecular weight is 487 g/mol. The summed E-state index contributed by atoms with van der Waals surface area (Å²) < 4.78 is 2.92. The highest BCUT2D eigenvalue weighted by atomic mass is 79.9. The van der Waals surface area contributed by atoms with E-state index in [9.17, 15) is 4.79 Å². The second kappa shape index (κ2) is 6.50. The van der Waals surface area contributed by atoms with Crippen LogP contribution in [0.4, 0.5) is 5.69 Å². The van der Waals surface area contributed by atoms with Crippen LogP contribution in [0.2, 0.25) is 5.28 Å². The third kappa shape index (κ3) is 2.74. The number of rotatable bonds is 3. The quantitative estimate of drug-likeness (QED) is 0.554. The van der Waals surface area contributed by atoms with E-state index >= 15 is 0 Å². The highest BCUT2D eigenvalue weighted by Gasteiger charge is 2.61. The van der Waals surface area contributed by atoms with Crippen molar-refractivity contribution in [3.05, 3.63) is 46.5 Å². The van der Waals surface area contributed by atoms with E-state index in [2.05, 4.69) is 36.3 Å². The number of anilines is 1. The minimum Gasteiger partial charge on any atom is -0.324 e. The van der Waals surface area contributed by atoms with Crippen LogP contribution in [0.1, 0.15) is 38.5 Å². The van der Waals surface area contributed by atoms with Gasteiger partial charge >= 0.3 is 0 Å². The first-order valence-corrected chi connectivity index (χ1v) is 11.6. The molecule has 154 valence electrons. The molecule has 2 aromatic heterocycles. The van der Waals surface area contributed by atoms with Gasteiger partial charge in [-0.05, 0) is 80.2 Å². The van der Waals surface area contributed by atoms with Crippen LogP contribution in [-0.4, -0.2) is 25.7 Å². The first kappa shape index (κ1) is 18.8. The van der Waals surface area contributed by atoms with Crippen LogP contribution in [0.5, 0.6) is 0 Å². The molecule has 4 atom stereocenters. The molecule has 6 nitrogen and oxygen atoms in total. The first-order valence-electron chi connectivity index (χ1n) is 10.4. The fraction of sp³-hybridized carbons (Fsp3) is 0.455. The van der Waals surface area contributed by atoms with E-state index < -0.39 is 0 Å². The van der Waals surface area contributed by atoms with Crippen molar-refractivity contribution in [3.8, 4) is 0 Å². The maximum atomic E-state index is 13.8. The van der Waals surface area contributed by atoms with Crippen LogP contribution in [0.3, 0.4) is 0 Å². The van der Waals surface area contributed by atoms with Crippen molar-refractivity contribution in [1.29, 1.82) is 0 Å². The van der Waals surface area contributed by atoms with Gasteiger partial charge in [-0.3, -0.25) is 9.78 Å². The monoisotopic (exact) mass is 485 g/mol. The van der Waals surface area contributed by atoms with Crippen LogP contribution in [0, 0.1) is 17.3 Å². The molecule has 1 amide bonds. The Morgan fingerprint density at radius 2 is 1.97 bits per heavy atom. The molecule has 8 heteroatoms. The number of nitrogens with zero attached hydrogens (tertiary/aromatic N) is 4. The zero-order valence-corrected chi connectivity index (χ0v) is 18.7. The summed E-state index contributed by atoms with van der Waals surface area (Å²) >= 11 is 9.62. The van der Waals surface area contributed by atoms with Crippen molar-refractivity contribution in [3.63, 3.8) is 0 Å². The van der Waals surface area contributed by atoms with Crippen LogP contribution >= 0.6 is 27.5 Å². The second-order valence-electron chi connectivity index (χ2n) is 9.37. The average Bonchev–Trinajstić information content (AvgIpc) is 3.17. The summed E-state index contributed by atoms with van der Waals surface area (Å²) in [5, 5.41) is 8.97. The highest BCUT2D eigenvalue weighted by molar-refractivity contribution is 9.10. The summed E-state index contributed by atoms with van der Waals surface area (Å²) in [7, 11) is 0. The molecule has 4 saturated carbocycles. The van der Waals surface area contributed by atoms with Crippen LogP contribution < -0.4 is 5.32 Å². The molecule has 1 N–H and O–H groups in total. The zero-order chi connectivity index (χ0) is 20.5. The number of nitrogens with one attached hydrogen (secondary N) is 1. The van der Waals surface area contributed by atoms with Crippen molar-refractivity contribution in [2.45, 2.75) is 44.1 Å². The fourth-order valence-corrected chi connectivity index (χ4v) is 7.29. The van der Waals surface area contributed by atoms with Gasteiger partial charge in [-0.1, -0.05) is 22.0 Å². The topological polar surface area (TPSA) is 72.7 Å². The summed E-state index contributed by atoms with van der Waals surface area (Å²) in [5.74, 6) is 1.20. The Hall–Kier alpha value is -1.99. The van der Waals surface area contributed by atoms with Gasteiger partial charge in [-0.2, -0.15) is 0 Å². The Balaban J connectivity index is 1.37. The summed E-state index contributed by atoms with van der Waals surface area (Å²) in [6, 6.07) is 7.82. The number of aromatic nitrogens is 4. The molecular weight excluding hydrogens is 466 g/mol. The molecule has 0 saturated heterocycles. The SMILES string of the molecule is O=C(Nc1ccc(Br)c2cccnc12)C12C[C@H]3C[C@@H](C1)CC(n1cnc(Cl)n1)(C3)C2. The van der Waals surface area contributed by atoms with E-state index in [0.717, 1.165) is 53.2 Å². The summed E-state index contributed by atoms with van der Waals surface area (Å²) in [5.41, 5.74) is 1.05. The third-order valence-electron chi connectivity index (χ3n) is 7.43. The molecule has 4 aliphatic rings. The van der Waals surface area contributed by atoms with Gasteiger partial charge in [0.15, 0.2) is 0 Å². The number of carbonyl (C=O) groups excluding carboxylic acids is 1. The number of benzene rings is 1. The van der Waals surface area contributed by atoms with Crippen LogP contribution in [0.15, 0.2) is 41.3 Å². The largest absolute Gasteiger partial charge is 0.324 e. The molecule has 0 aliphatic heterocycles. The van der Waals surface area contributed by atoms with E-state index in [-0.39, 0.29) is 22.1 Å². The fourth-order valence-electron chi connectivity index (χ4n) is 6.71. The van der Waals surface area contributed by atoms with Crippen molar-refractivity contribution < 1.29 is 4.79 Å². The van der Waals surface area contributed by atoms with Crippen LogP contribution in [-0.2, 0) is 10.3 Å². The van der Waals surface area contributed by atoms with Gasteiger partial charge < -0.3 is 5.32 Å². The van der Waals surface area contributed by atoms with Gasteiger partial charge in [0.1, 0.15) is 6.33 Å². The number of pyridine rings is 1. The number of carbonyl (C=O) groups is 1. The summed E-state index contributed by atoms with van der Waals surface area (Å²) in [4.78, 5) is 22.4. The Kier molecular flexibility index (Phi) is 4.06. The molecule has 7 rings (SSSR count). The second-order valence-corrected chi connectivity index (χ2v) is 10.6. The molecule has 4 fully saturated rings. The molecule has 3 aromatic rings. The molecule has 4 bridgehead atoms. The number of amides is 1. The predicted octanol–water partition coefficient (Wildman–Crippen LogP) is 5.18. The lowest BCUT2D eigenvalue weighted by atomic mass is 9.46. The van der Waals surface area contributed by atoms with Crippen molar-refractivity contribution in [2.75, 3.05) is 5.32 Å². The molecule has 2 unspecified atom stereocenters. The van der Waals surface area contributed by atoms with Gasteiger partial charge in [0.05, 0.1) is 22.2 Å².